The number of hydrogen-bond donors (Lipinski definition) is 1. The Morgan fingerprint density at radius 3 is 2.62 bits per heavy atom. The minimum Gasteiger partial charge on any atom is -0.361 e. The fourth-order valence-corrected chi connectivity index (χ4v) is 3.97. The Kier molecular flexibility index (Phi) is 6.82. The number of ether oxygens (including phenoxy) is 1. The minimum atomic E-state index is -1.10. The van der Waals surface area contributed by atoms with Crippen LogP contribution < -0.4 is 4.72 Å². The lowest BCUT2D eigenvalue weighted by atomic mass is 10.1. The van der Waals surface area contributed by atoms with Crippen LogP contribution in [0.1, 0.15) is 39.3 Å². The molecule has 0 aliphatic rings. The van der Waals surface area contributed by atoms with Gasteiger partial charge in [-0.05, 0) is 51.4 Å². The van der Waals surface area contributed by atoms with E-state index in [-0.39, 0.29) is 10.8 Å². The van der Waals surface area contributed by atoms with Gasteiger partial charge in [0.1, 0.15) is 6.73 Å². The van der Waals surface area contributed by atoms with Gasteiger partial charge in [-0.3, -0.25) is 0 Å². The highest BCUT2D eigenvalue weighted by atomic mass is 32.2. The van der Waals surface area contributed by atoms with Crippen LogP contribution in [0, 0.1) is 0 Å². The van der Waals surface area contributed by atoms with E-state index in [0.29, 0.717) is 6.73 Å². The molecule has 0 radical (unpaired) electrons. The molecule has 5 nitrogen and oxygen atoms in total. The van der Waals surface area contributed by atoms with Gasteiger partial charge in [0.15, 0.2) is 0 Å². The van der Waals surface area contributed by atoms with Gasteiger partial charge in [0.05, 0.1) is 33.1 Å². The van der Waals surface area contributed by atoms with Gasteiger partial charge < -0.3 is 9.30 Å². The molecule has 0 spiro atoms. The van der Waals surface area contributed by atoms with E-state index >= 15 is 0 Å². The second kappa shape index (κ2) is 8.33. The van der Waals surface area contributed by atoms with Crippen LogP contribution in [0.5, 0.6) is 0 Å². The highest BCUT2D eigenvalue weighted by Gasteiger charge is 2.22. The van der Waals surface area contributed by atoms with E-state index in [0.717, 1.165) is 29.2 Å². The summed E-state index contributed by atoms with van der Waals surface area (Å²) in [6, 6.07) is 7.36. The second-order valence-electron chi connectivity index (χ2n) is 9.03. The maximum atomic E-state index is 12.3. The van der Waals surface area contributed by atoms with E-state index in [1.807, 2.05) is 38.6 Å². The third-order valence-electron chi connectivity index (χ3n) is 4.21. The topological polar surface area (TPSA) is 56.2 Å². The van der Waals surface area contributed by atoms with E-state index in [4.69, 9.17) is 4.74 Å². The van der Waals surface area contributed by atoms with Crippen molar-refractivity contribution < 1.29 is 8.95 Å². The average molecular weight is 396 g/mol. The third kappa shape index (κ3) is 6.01. The number of imidazole rings is 1. The van der Waals surface area contributed by atoms with E-state index in [1.165, 1.54) is 0 Å². The van der Waals surface area contributed by atoms with Crippen molar-refractivity contribution in [3.8, 4) is 0 Å². The zero-order valence-electron chi connectivity index (χ0n) is 17.1. The highest BCUT2D eigenvalue weighted by molar-refractivity contribution is 7.84. The molecular formula is C19H33N3O2SSi. The molecule has 26 heavy (non-hydrogen) atoms. The molecule has 146 valence electrons. The lowest BCUT2D eigenvalue weighted by Gasteiger charge is -2.22. The van der Waals surface area contributed by atoms with Gasteiger partial charge in [-0.2, -0.15) is 0 Å². The SMILES string of the molecule is C[C@@H](N[S@@](=O)C(C)(C)C)c1ccc2c(c1)ncn2COCC[Si](C)(C)C. The van der Waals surface area contributed by atoms with Crippen LogP contribution in [0.3, 0.4) is 0 Å². The highest BCUT2D eigenvalue weighted by Crippen LogP contribution is 2.21. The molecule has 0 amide bonds. The average Bonchev–Trinajstić information content (AvgIpc) is 2.92. The zero-order valence-corrected chi connectivity index (χ0v) is 18.9. The lowest BCUT2D eigenvalue weighted by Crippen LogP contribution is -2.34. The number of benzene rings is 1. The summed E-state index contributed by atoms with van der Waals surface area (Å²) in [6.45, 7) is 16.3. The lowest BCUT2D eigenvalue weighted by molar-refractivity contribution is 0.0898. The van der Waals surface area contributed by atoms with Crippen LogP contribution in [-0.4, -0.2) is 33.2 Å². The maximum Gasteiger partial charge on any atom is 0.124 e. The Bertz CT molecular complexity index is 762. The van der Waals surface area contributed by atoms with Crippen LogP contribution in [0.4, 0.5) is 0 Å². The molecule has 7 heteroatoms. The molecule has 2 atom stereocenters. The molecule has 0 saturated heterocycles. The molecule has 0 aliphatic heterocycles. The van der Waals surface area contributed by atoms with Crippen LogP contribution in [0.2, 0.25) is 25.7 Å². The smallest absolute Gasteiger partial charge is 0.124 e. The van der Waals surface area contributed by atoms with Gasteiger partial charge in [-0.25, -0.2) is 13.9 Å². The fourth-order valence-electron chi connectivity index (χ4n) is 2.40. The summed E-state index contributed by atoms with van der Waals surface area (Å²) in [6.07, 6.45) is 1.83. The van der Waals surface area contributed by atoms with Crippen molar-refractivity contribution >= 4 is 30.1 Å². The first-order chi connectivity index (χ1) is 12.0. The quantitative estimate of drug-likeness (QED) is 0.530. The molecule has 0 saturated carbocycles. The zero-order chi connectivity index (χ0) is 19.5. The molecule has 1 aromatic heterocycles. The largest absolute Gasteiger partial charge is 0.361 e. The summed E-state index contributed by atoms with van der Waals surface area (Å²) in [7, 11) is -2.16. The van der Waals surface area contributed by atoms with Crippen molar-refractivity contribution in [1.29, 1.82) is 0 Å². The molecule has 1 N–H and O–H groups in total. The van der Waals surface area contributed by atoms with Crippen molar-refractivity contribution in [2.75, 3.05) is 6.61 Å². The van der Waals surface area contributed by atoms with E-state index in [9.17, 15) is 4.21 Å². The van der Waals surface area contributed by atoms with Crippen molar-refractivity contribution in [2.45, 2.75) is 70.9 Å². The van der Waals surface area contributed by atoms with Crippen LogP contribution in [-0.2, 0) is 22.5 Å². The number of nitrogens with zero attached hydrogens (tertiary/aromatic N) is 2. The van der Waals surface area contributed by atoms with Crippen molar-refractivity contribution in [3.05, 3.63) is 30.1 Å². The summed E-state index contributed by atoms with van der Waals surface area (Å²) in [4.78, 5) is 4.51. The molecule has 1 heterocycles. The Morgan fingerprint density at radius 1 is 1.31 bits per heavy atom. The molecular weight excluding hydrogens is 362 g/mol. The fraction of sp³-hybridized carbons (Fsp3) is 0.632. The number of hydrogen-bond acceptors (Lipinski definition) is 3. The Labute approximate surface area is 161 Å². The van der Waals surface area contributed by atoms with Crippen LogP contribution in [0.25, 0.3) is 11.0 Å². The van der Waals surface area contributed by atoms with Gasteiger partial charge in [0, 0.05) is 20.7 Å². The predicted molar refractivity (Wildman–Crippen MR) is 113 cm³/mol. The Morgan fingerprint density at radius 2 is 2.00 bits per heavy atom. The van der Waals surface area contributed by atoms with Gasteiger partial charge in [-0.1, -0.05) is 25.7 Å². The molecule has 0 unspecified atom stereocenters. The summed E-state index contributed by atoms with van der Waals surface area (Å²) in [5, 5.41) is 0. The van der Waals surface area contributed by atoms with Gasteiger partial charge in [0.2, 0.25) is 0 Å². The predicted octanol–water partition coefficient (Wildman–Crippen LogP) is 4.46. The molecule has 1 aromatic carbocycles. The van der Waals surface area contributed by atoms with Crippen molar-refractivity contribution in [1.82, 2.24) is 14.3 Å². The number of rotatable bonds is 8. The van der Waals surface area contributed by atoms with Gasteiger partial charge in [-0.15, -0.1) is 0 Å². The first-order valence-corrected chi connectivity index (χ1v) is 14.0. The summed E-state index contributed by atoms with van der Waals surface area (Å²) < 4.78 is 23.1. The standard InChI is InChI=1S/C19H33N3O2SSi/c1-15(21-25(23)19(2,3)4)16-8-9-18-17(12-16)20-13-22(18)14-24-10-11-26(5,6)7/h8-9,12-13,15,21H,10-11,14H2,1-7H3/t15-,25+/m1/s1. The summed E-state index contributed by atoms with van der Waals surface area (Å²) in [5.74, 6) is 0. The van der Waals surface area contributed by atoms with E-state index in [1.54, 1.807) is 0 Å². The number of aromatic nitrogens is 2. The normalized spacial score (nSPS) is 15.3. The Hall–Kier alpha value is -1.02. The van der Waals surface area contributed by atoms with Crippen LogP contribution in [0.15, 0.2) is 24.5 Å². The first-order valence-electron chi connectivity index (χ1n) is 9.18. The second-order valence-corrected chi connectivity index (χ2v) is 16.7. The molecule has 0 aliphatic carbocycles. The first kappa shape index (κ1) is 21.3. The summed E-state index contributed by atoms with van der Waals surface area (Å²) >= 11 is 0. The Balaban J connectivity index is 2.03. The van der Waals surface area contributed by atoms with Crippen LogP contribution >= 0.6 is 0 Å². The molecule has 0 fully saturated rings. The number of fused-ring (bicyclic) bond motifs is 1. The number of nitrogens with one attached hydrogen (secondary N) is 1. The summed E-state index contributed by atoms with van der Waals surface area (Å²) in [5.41, 5.74) is 3.08. The molecule has 2 aromatic rings. The van der Waals surface area contributed by atoms with Crippen molar-refractivity contribution in [3.63, 3.8) is 0 Å². The molecule has 2 rings (SSSR count). The van der Waals surface area contributed by atoms with Gasteiger partial charge >= 0.3 is 0 Å². The monoisotopic (exact) mass is 395 g/mol. The van der Waals surface area contributed by atoms with Gasteiger partial charge in [0.25, 0.3) is 0 Å². The van der Waals surface area contributed by atoms with E-state index in [2.05, 4.69) is 47.5 Å². The molecule has 0 bridgehead atoms. The van der Waals surface area contributed by atoms with E-state index < -0.39 is 19.1 Å². The maximum absolute atomic E-state index is 12.3. The third-order valence-corrected chi connectivity index (χ3v) is 7.60. The minimum absolute atomic E-state index is 0.00222. The van der Waals surface area contributed by atoms with Crippen molar-refractivity contribution in [2.24, 2.45) is 0 Å².